The first kappa shape index (κ1) is 42.6. The van der Waals surface area contributed by atoms with Crippen LogP contribution in [0.15, 0.2) is 4.42 Å². The zero-order valence-electron chi connectivity index (χ0n) is 23.6. The molecule has 0 amide bonds. The maximum atomic E-state index is 5.47. The highest BCUT2D eigenvalue weighted by atomic mass is 32.1. The zero-order chi connectivity index (χ0) is 25.9. The molecule has 0 atom stereocenters. The standard InChI is InChI=1S/C9H15NO.2C9H15NS.4CH4/c1-6-8(9(3,4)5)11-7(2)10-6;1-6-8(9(3,4)5)10-7(2)11-6;1-6-7(2)11-8(10-6)9(3,4)5;;;;/h3*1-5H3;4*1H4. The second kappa shape index (κ2) is 15.8. The summed E-state index contributed by atoms with van der Waals surface area (Å²) in [4.78, 5) is 15.9. The monoisotopic (exact) mass is 555 g/mol. The molecule has 0 aliphatic carbocycles. The molecule has 0 aromatic carbocycles. The highest BCUT2D eigenvalue weighted by molar-refractivity contribution is 7.12. The summed E-state index contributed by atoms with van der Waals surface area (Å²) in [5.41, 5.74) is 3.93. The molecule has 4 nitrogen and oxygen atoms in total. The second-order valence-corrected chi connectivity index (χ2v) is 14.3. The van der Waals surface area contributed by atoms with Gasteiger partial charge >= 0.3 is 0 Å². The predicted molar refractivity (Wildman–Crippen MR) is 172 cm³/mol. The van der Waals surface area contributed by atoms with Gasteiger partial charge < -0.3 is 4.42 Å². The lowest BCUT2D eigenvalue weighted by molar-refractivity contribution is 0.390. The molecule has 3 heterocycles. The highest BCUT2D eigenvalue weighted by Crippen LogP contribution is 2.29. The average molecular weight is 556 g/mol. The molecule has 3 rings (SSSR count). The summed E-state index contributed by atoms with van der Waals surface area (Å²) in [7, 11) is 0. The van der Waals surface area contributed by atoms with Gasteiger partial charge in [-0.05, 0) is 34.6 Å². The van der Waals surface area contributed by atoms with Crippen molar-refractivity contribution in [3.05, 3.63) is 48.5 Å². The van der Waals surface area contributed by atoms with Gasteiger partial charge in [-0.2, -0.15) is 0 Å². The molecule has 0 spiro atoms. The molecule has 0 unspecified atom stereocenters. The summed E-state index contributed by atoms with van der Waals surface area (Å²) >= 11 is 3.60. The van der Waals surface area contributed by atoms with E-state index in [1.54, 1.807) is 11.3 Å². The lowest BCUT2D eigenvalue weighted by Gasteiger charge is -2.15. The second-order valence-electron chi connectivity index (χ2n) is 11.7. The molecule has 0 fully saturated rings. The quantitative estimate of drug-likeness (QED) is 0.277. The van der Waals surface area contributed by atoms with Crippen LogP contribution in [0.1, 0.15) is 141 Å². The number of oxazole rings is 1. The largest absolute Gasteiger partial charge is 0.445 e. The summed E-state index contributed by atoms with van der Waals surface area (Å²) in [6.07, 6.45) is 0. The number of rotatable bonds is 0. The maximum Gasteiger partial charge on any atom is 0.191 e. The van der Waals surface area contributed by atoms with Crippen LogP contribution >= 0.6 is 22.7 Å². The Morgan fingerprint density at radius 3 is 1.19 bits per heavy atom. The van der Waals surface area contributed by atoms with Crippen molar-refractivity contribution in [1.82, 2.24) is 15.0 Å². The van der Waals surface area contributed by atoms with Gasteiger partial charge in [-0.1, -0.05) is 92.0 Å². The van der Waals surface area contributed by atoms with Crippen LogP contribution in [0, 0.1) is 41.5 Å². The van der Waals surface area contributed by atoms with Crippen molar-refractivity contribution in [1.29, 1.82) is 0 Å². The molecular weight excluding hydrogens is 494 g/mol. The van der Waals surface area contributed by atoms with E-state index in [4.69, 9.17) is 4.42 Å². The van der Waals surface area contributed by atoms with Gasteiger partial charge in [0.15, 0.2) is 5.89 Å². The van der Waals surface area contributed by atoms with Crippen LogP contribution < -0.4 is 0 Å². The van der Waals surface area contributed by atoms with Crippen LogP contribution in [0.3, 0.4) is 0 Å². The molecule has 0 aliphatic rings. The molecule has 0 radical (unpaired) electrons. The number of aromatic nitrogens is 3. The van der Waals surface area contributed by atoms with Crippen LogP contribution in [0.5, 0.6) is 0 Å². The lowest BCUT2D eigenvalue weighted by Crippen LogP contribution is -2.12. The Morgan fingerprint density at radius 1 is 0.541 bits per heavy atom. The van der Waals surface area contributed by atoms with Crippen molar-refractivity contribution in [3.8, 4) is 0 Å². The van der Waals surface area contributed by atoms with Gasteiger partial charge in [-0.15, -0.1) is 22.7 Å². The topological polar surface area (TPSA) is 51.8 Å². The SMILES string of the molecule is C.C.C.C.Cc1nc(C(C)(C)C)c(C)s1.Cc1nc(C(C)(C)C)sc1C.Cc1nc(C)c(C(C)(C)C)o1. The first-order chi connectivity index (χ1) is 14.7. The first-order valence-corrected chi connectivity index (χ1v) is 13.2. The Bertz CT molecular complexity index is 961. The number of hydrogen-bond donors (Lipinski definition) is 0. The molecular formula is C31H61N3OS2. The highest BCUT2D eigenvalue weighted by Gasteiger charge is 2.22. The van der Waals surface area contributed by atoms with E-state index in [0.717, 1.165) is 17.3 Å². The zero-order valence-corrected chi connectivity index (χ0v) is 25.2. The Morgan fingerprint density at radius 2 is 1.03 bits per heavy atom. The Labute approximate surface area is 239 Å². The van der Waals surface area contributed by atoms with Crippen LogP contribution in [0.2, 0.25) is 0 Å². The Kier molecular flexibility index (Phi) is 18.1. The van der Waals surface area contributed by atoms with Gasteiger partial charge in [-0.3, -0.25) is 0 Å². The van der Waals surface area contributed by atoms with Crippen LogP contribution in [-0.4, -0.2) is 15.0 Å². The fourth-order valence-corrected chi connectivity index (χ4v) is 5.25. The molecule has 37 heavy (non-hydrogen) atoms. The third-order valence-corrected chi connectivity index (χ3v) is 7.25. The van der Waals surface area contributed by atoms with Crippen molar-refractivity contribution in [2.45, 2.75) is 150 Å². The lowest BCUT2D eigenvalue weighted by atomic mass is 9.92. The van der Waals surface area contributed by atoms with E-state index in [-0.39, 0.29) is 46.0 Å². The Hall–Kier alpha value is -1.53. The fraction of sp³-hybridized carbons (Fsp3) is 0.710. The number of hydrogen-bond acceptors (Lipinski definition) is 6. The summed E-state index contributed by atoms with van der Waals surface area (Å²) in [5, 5.41) is 2.42. The minimum absolute atomic E-state index is 0. The van der Waals surface area contributed by atoms with E-state index < -0.39 is 0 Å². The van der Waals surface area contributed by atoms with Gasteiger partial charge in [0.2, 0.25) is 0 Å². The van der Waals surface area contributed by atoms with E-state index in [0.29, 0.717) is 0 Å². The molecule has 0 aliphatic heterocycles. The summed E-state index contributed by atoms with van der Waals surface area (Å²) in [6.45, 7) is 31.8. The van der Waals surface area contributed by atoms with Crippen molar-refractivity contribution >= 4 is 22.7 Å². The van der Waals surface area contributed by atoms with Crippen molar-refractivity contribution in [2.24, 2.45) is 0 Å². The summed E-state index contributed by atoms with van der Waals surface area (Å²) in [5.74, 6) is 1.75. The van der Waals surface area contributed by atoms with Gasteiger partial charge in [0, 0.05) is 32.9 Å². The number of thiazole rings is 2. The smallest absolute Gasteiger partial charge is 0.191 e. The molecule has 3 aromatic heterocycles. The van der Waals surface area contributed by atoms with Crippen LogP contribution in [0.4, 0.5) is 0 Å². The van der Waals surface area contributed by atoms with Gasteiger partial charge in [0.05, 0.1) is 27.1 Å². The average Bonchev–Trinajstić information content (AvgIpc) is 3.25. The molecule has 0 N–H and O–H groups in total. The van der Waals surface area contributed by atoms with Gasteiger partial charge in [0.25, 0.3) is 0 Å². The third-order valence-electron chi connectivity index (χ3n) is 4.87. The molecule has 3 aromatic rings. The van der Waals surface area contributed by atoms with E-state index in [2.05, 4.69) is 105 Å². The van der Waals surface area contributed by atoms with Crippen molar-refractivity contribution in [3.63, 3.8) is 0 Å². The molecule has 0 bridgehead atoms. The summed E-state index contributed by atoms with van der Waals surface area (Å²) < 4.78 is 5.47. The first-order valence-electron chi connectivity index (χ1n) is 11.6. The van der Waals surface area contributed by atoms with Crippen LogP contribution in [-0.2, 0) is 16.2 Å². The molecule has 6 heteroatoms. The molecule has 218 valence electrons. The predicted octanol–water partition coefficient (Wildman–Crippen LogP) is 11.2. The minimum atomic E-state index is 0. The van der Waals surface area contributed by atoms with E-state index in [1.165, 1.54) is 31.2 Å². The van der Waals surface area contributed by atoms with Crippen molar-refractivity contribution < 1.29 is 4.42 Å². The fourth-order valence-electron chi connectivity index (χ4n) is 3.25. The molecule has 0 saturated heterocycles. The normalized spacial score (nSPS) is 10.8. The number of nitrogens with zero attached hydrogens (tertiary/aromatic N) is 3. The van der Waals surface area contributed by atoms with E-state index >= 15 is 0 Å². The van der Waals surface area contributed by atoms with Crippen LogP contribution in [0.25, 0.3) is 0 Å². The maximum absolute atomic E-state index is 5.47. The van der Waals surface area contributed by atoms with E-state index in [1.807, 2.05) is 25.2 Å². The van der Waals surface area contributed by atoms with Crippen molar-refractivity contribution in [2.75, 3.05) is 0 Å². The Balaban J connectivity index is -0.000000209. The summed E-state index contributed by atoms with van der Waals surface area (Å²) in [6, 6.07) is 0. The minimum Gasteiger partial charge on any atom is -0.445 e. The van der Waals surface area contributed by atoms with Gasteiger partial charge in [0.1, 0.15) is 5.76 Å². The number of aryl methyl sites for hydroxylation is 6. The molecule has 0 saturated carbocycles. The van der Waals surface area contributed by atoms with E-state index in [9.17, 15) is 0 Å². The third kappa shape index (κ3) is 13.2. The van der Waals surface area contributed by atoms with Gasteiger partial charge in [-0.25, -0.2) is 15.0 Å².